The van der Waals surface area contributed by atoms with Crippen LogP contribution in [0.3, 0.4) is 0 Å². The zero-order valence-electron chi connectivity index (χ0n) is 38.2. The molecule has 0 aliphatic heterocycles. The Morgan fingerprint density at radius 1 is 0.350 bits per heavy atom. The van der Waals surface area contributed by atoms with Crippen LogP contribution in [0.2, 0.25) is 0 Å². The van der Waals surface area contributed by atoms with Gasteiger partial charge in [-0.3, -0.25) is 14.4 Å². The summed E-state index contributed by atoms with van der Waals surface area (Å²) < 4.78 is 16.7. The van der Waals surface area contributed by atoms with Crippen molar-refractivity contribution < 1.29 is 28.6 Å². The lowest BCUT2D eigenvalue weighted by Crippen LogP contribution is -2.30. The van der Waals surface area contributed by atoms with Crippen LogP contribution in [0.4, 0.5) is 0 Å². The zero-order valence-corrected chi connectivity index (χ0v) is 38.2. The van der Waals surface area contributed by atoms with Gasteiger partial charge in [0.15, 0.2) is 6.10 Å². The third kappa shape index (κ3) is 44.9. The van der Waals surface area contributed by atoms with Crippen LogP contribution >= 0.6 is 0 Å². The van der Waals surface area contributed by atoms with Crippen molar-refractivity contribution in [3.05, 3.63) is 122 Å². The van der Waals surface area contributed by atoms with Crippen molar-refractivity contribution in [3.63, 3.8) is 0 Å². The van der Waals surface area contributed by atoms with E-state index in [0.29, 0.717) is 19.3 Å². The molecular formula is C54H84O6. The van der Waals surface area contributed by atoms with Crippen LogP contribution in [0, 0.1) is 0 Å². The Bertz CT molecular complexity index is 1320. The van der Waals surface area contributed by atoms with Crippen LogP contribution in [0.5, 0.6) is 0 Å². The largest absolute Gasteiger partial charge is 0.462 e. The molecule has 60 heavy (non-hydrogen) atoms. The quantitative estimate of drug-likeness (QED) is 0.0201. The molecule has 0 radical (unpaired) electrons. The van der Waals surface area contributed by atoms with Crippen molar-refractivity contribution in [2.24, 2.45) is 0 Å². The summed E-state index contributed by atoms with van der Waals surface area (Å²) >= 11 is 0. The number of hydrogen-bond donors (Lipinski definition) is 0. The minimum absolute atomic E-state index is 0.109. The van der Waals surface area contributed by atoms with Crippen molar-refractivity contribution in [1.29, 1.82) is 0 Å². The van der Waals surface area contributed by atoms with Gasteiger partial charge in [0.25, 0.3) is 0 Å². The van der Waals surface area contributed by atoms with Crippen LogP contribution in [0.25, 0.3) is 0 Å². The summed E-state index contributed by atoms with van der Waals surface area (Å²) in [4.78, 5) is 37.9. The van der Waals surface area contributed by atoms with Gasteiger partial charge in [-0.2, -0.15) is 0 Å². The average Bonchev–Trinajstić information content (AvgIpc) is 3.24. The van der Waals surface area contributed by atoms with E-state index in [9.17, 15) is 14.4 Å². The molecule has 0 aromatic heterocycles. The molecule has 0 aromatic carbocycles. The van der Waals surface area contributed by atoms with Gasteiger partial charge in [-0.05, 0) is 83.5 Å². The number of unbranched alkanes of at least 4 members (excludes halogenated alkanes) is 15. The molecule has 336 valence electrons. The van der Waals surface area contributed by atoms with Crippen molar-refractivity contribution in [2.75, 3.05) is 13.2 Å². The zero-order chi connectivity index (χ0) is 43.7. The maximum Gasteiger partial charge on any atom is 0.306 e. The minimum Gasteiger partial charge on any atom is -0.462 e. The van der Waals surface area contributed by atoms with Crippen molar-refractivity contribution in [2.45, 2.75) is 187 Å². The van der Waals surface area contributed by atoms with E-state index in [1.165, 1.54) is 19.3 Å². The van der Waals surface area contributed by atoms with Gasteiger partial charge in [0, 0.05) is 19.3 Å². The van der Waals surface area contributed by atoms with E-state index < -0.39 is 6.10 Å². The molecule has 0 aliphatic carbocycles. The molecule has 0 amide bonds. The first kappa shape index (κ1) is 55.8. The van der Waals surface area contributed by atoms with Gasteiger partial charge in [-0.1, -0.05) is 200 Å². The van der Waals surface area contributed by atoms with Crippen LogP contribution < -0.4 is 0 Å². The topological polar surface area (TPSA) is 78.9 Å². The second-order valence-corrected chi connectivity index (χ2v) is 15.1. The number of carbonyl (C=O) groups excluding carboxylic acids is 3. The Morgan fingerprint density at radius 2 is 0.683 bits per heavy atom. The van der Waals surface area contributed by atoms with E-state index >= 15 is 0 Å². The summed E-state index contributed by atoms with van der Waals surface area (Å²) in [6.07, 6.45) is 64.6. The Labute approximate surface area is 367 Å². The van der Waals surface area contributed by atoms with E-state index in [4.69, 9.17) is 14.2 Å². The van der Waals surface area contributed by atoms with Gasteiger partial charge >= 0.3 is 17.9 Å². The SMILES string of the molecule is CC\C=C/C=C\C=C/C=C\C=C/CCCCCC(=O)OCC(COC(=O)CCCCCCC/C=C\C/C=C\CC)OC(=O)CCCCCCCCC\C=C/C=C\C=C/CC. The molecule has 0 aliphatic rings. The lowest BCUT2D eigenvalue weighted by atomic mass is 10.1. The summed E-state index contributed by atoms with van der Waals surface area (Å²) in [6.45, 7) is 6.16. The van der Waals surface area contributed by atoms with Crippen molar-refractivity contribution >= 4 is 17.9 Å². The van der Waals surface area contributed by atoms with Crippen molar-refractivity contribution in [1.82, 2.24) is 0 Å². The number of ether oxygens (including phenoxy) is 3. The molecular weight excluding hydrogens is 745 g/mol. The summed E-state index contributed by atoms with van der Waals surface area (Å²) in [5.74, 6) is -0.990. The highest BCUT2D eigenvalue weighted by atomic mass is 16.6. The van der Waals surface area contributed by atoms with Crippen LogP contribution in [0.15, 0.2) is 122 Å². The van der Waals surface area contributed by atoms with E-state index in [-0.39, 0.29) is 31.1 Å². The lowest BCUT2D eigenvalue weighted by molar-refractivity contribution is -0.167. The number of rotatable bonds is 40. The summed E-state index contributed by atoms with van der Waals surface area (Å²) in [6, 6.07) is 0. The Hall–Kier alpha value is -4.19. The first-order valence-corrected chi connectivity index (χ1v) is 23.6. The fraction of sp³-hybridized carbons (Fsp3) is 0.574. The van der Waals surface area contributed by atoms with Crippen LogP contribution in [0.1, 0.15) is 181 Å². The second-order valence-electron chi connectivity index (χ2n) is 15.1. The molecule has 0 saturated carbocycles. The minimum atomic E-state index is -0.810. The summed E-state index contributed by atoms with van der Waals surface area (Å²) in [7, 11) is 0. The molecule has 0 bridgehead atoms. The molecule has 0 aromatic rings. The third-order valence-electron chi connectivity index (χ3n) is 9.38. The highest BCUT2D eigenvalue weighted by Crippen LogP contribution is 2.13. The Balaban J connectivity index is 4.53. The van der Waals surface area contributed by atoms with E-state index in [2.05, 4.69) is 93.7 Å². The maximum absolute atomic E-state index is 12.8. The molecule has 6 nitrogen and oxygen atoms in total. The summed E-state index contributed by atoms with van der Waals surface area (Å²) in [5, 5.41) is 0. The monoisotopic (exact) mass is 829 g/mol. The van der Waals surface area contributed by atoms with Gasteiger partial charge < -0.3 is 14.2 Å². The van der Waals surface area contributed by atoms with Gasteiger partial charge in [0.2, 0.25) is 0 Å². The second kappa shape index (κ2) is 47.5. The predicted octanol–water partition coefficient (Wildman–Crippen LogP) is 15.4. The van der Waals surface area contributed by atoms with E-state index in [1.54, 1.807) is 0 Å². The molecule has 0 spiro atoms. The molecule has 0 rings (SSSR count). The van der Waals surface area contributed by atoms with Gasteiger partial charge in [0.1, 0.15) is 13.2 Å². The first-order chi connectivity index (χ1) is 29.5. The molecule has 0 N–H and O–H groups in total. The third-order valence-corrected chi connectivity index (χ3v) is 9.38. The highest BCUT2D eigenvalue weighted by Gasteiger charge is 2.19. The number of carbonyl (C=O) groups is 3. The molecule has 1 unspecified atom stereocenters. The number of esters is 3. The van der Waals surface area contributed by atoms with Crippen LogP contribution in [-0.2, 0) is 28.6 Å². The molecule has 0 fully saturated rings. The molecule has 6 heteroatoms. The van der Waals surface area contributed by atoms with Gasteiger partial charge in [0.05, 0.1) is 0 Å². The smallest absolute Gasteiger partial charge is 0.306 e. The number of allylic oxidation sites excluding steroid dienone is 20. The van der Waals surface area contributed by atoms with Crippen molar-refractivity contribution in [3.8, 4) is 0 Å². The summed E-state index contributed by atoms with van der Waals surface area (Å²) in [5.41, 5.74) is 0. The fourth-order valence-corrected chi connectivity index (χ4v) is 5.91. The Kier molecular flexibility index (Phi) is 44.2. The molecule has 0 heterocycles. The van der Waals surface area contributed by atoms with Gasteiger partial charge in [-0.15, -0.1) is 0 Å². The molecule has 0 saturated heterocycles. The normalized spacial score (nSPS) is 13.2. The van der Waals surface area contributed by atoms with E-state index in [1.807, 2.05) is 48.6 Å². The molecule has 1 atom stereocenters. The number of hydrogen-bond acceptors (Lipinski definition) is 6. The van der Waals surface area contributed by atoms with E-state index in [0.717, 1.165) is 122 Å². The first-order valence-electron chi connectivity index (χ1n) is 23.6. The lowest BCUT2D eigenvalue weighted by Gasteiger charge is -2.18. The highest BCUT2D eigenvalue weighted by molar-refractivity contribution is 5.71. The fourth-order valence-electron chi connectivity index (χ4n) is 5.91. The Morgan fingerprint density at radius 3 is 1.13 bits per heavy atom. The average molecular weight is 829 g/mol. The maximum atomic E-state index is 12.8. The van der Waals surface area contributed by atoms with Gasteiger partial charge in [-0.25, -0.2) is 0 Å². The standard InChI is InChI=1S/C54H84O6/c1-4-7-10-13-16-19-22-25-27-29-32-35-38-41-44-47-53(56)59-50-51(49-58-52(55)46-43-40-37-34-31-24-21-18-15-12-9-6-3)60-54(57)48-45-42-39-36-33-30-28-26-23-20-17-14-11-8-5-2/h7-14,16-23,25,27,29,32,51H,4-6,15,24,26,28,30-31,33-50H2,1-3H3/b10-7-,11-8-,12-9-,16-13-,17-14-,21-18-,22-19-,23-20-,27-25-,32-29-. The van der Waals surface area contributed by atoms with Crippen LogP contribution in [-0.4, -0.2) is 37.2 Å². The predicted molar refractivity (Wildman–Crippen MR) is 256 cm³/mol.